The van der Waals surface area contributed by atoms with E-state index in [0.717, 1.165) is 70.6 Å². The van der Waals surface area contributed by atoms with Gasteiger partial charge >= 0.3 is 0 Å². The van der Waals surface area contributed by atoms with Crippen molar-refractivity contribution in [1.29, 1.82) is 0 Å². The number of anilines is 1. The predicted octanol–water partition coefficient (Wildman–Crippen LogP) is 5.66. The lowest BCUT2D eigenvalue weighted by Crippen LogP contribution is -2.69. The van der Waals surface area contributed by atoms with Crippen molar-refractivity contribution in [2.75, 3.05) is 11.9 Å². The van der Waals surface area contributed by atoms with Crippen LogP contribution in [0.4, 0.5) is 14.5 Å². The van der Waals surface area contributed by atoms with Crippen LogP contribution < -0.4 is 10.6 Å². The van der Waals surface area contributed by atoms with Gasteiger partial charge in [0, 0.05) is 36.4 Å². The lowest BCUT2D eigenvalue weighted by atomic mass is 9.79. The van der Waals surface area contributed by atoms with Crippen molar-refractivity contribution in [3.05, 3.63) is 106 Å². The summed E-state index contributed by atoms with van der Waals surface area (Å²) in [6.45, 7) is 2.53. The fourth-order valence-electron chi connectivity index (χ4n) is 8.08. The van der Waals surface area contributed by atoms with Crippen LogP contribution in [-0.4, -0.2) is 33.8 Å². The molecule has 2 atom stereocenters. The SMILES string of the molecule is C[C@@]1(c2cc(F)cc(F)c2)CNC2(CCCC2)C(=O)N1Cc1cnc2cc3c(cc2c1)C[C@@]1(C3)C(=O)Nc2ccccc21. The third-order valence-corrected chi connectivity index (χ3v) is 10.5. The second-order valence-electron chi connectivity index (χ2n) is 13.1. The Morgan fingerprint density at radius 3 is 2.42 bits per heavy atom. The molecular formula is C35H32F2N4O2. The molecule has 0 bridgehead atoms. The molecule has 1 aromatic heterocycles. The van der Waals surface area contributed by atoms with Gasteiger partial charge in [0.25, 0.3) is 0 Å². The minimum absolute atomic E-state index is 0.0359. The Morgan fingerprint density at radius 2 is 1.65 bits per heavy atom. The molecule has 43 heavy (non-hydrogen) atoms. The van der Waals surface area contributed by atoms with Crippen LogP contribution in [0.3, 0.4) is 0 Å². The molecule has 8 heteroatoms. The second-order valence-corrected chi connectivity index (χ2v) is 13.1. The summed E-state index contributed by atoms with van der Waals surface area (Å²) in [4.78, 5) is 34.0. The Kier molecular flexibility index (Phi) is 5.64. The number of rotatable bonds is 3. The lowest BCUT2D eigenvalue weighted by molar-refractivity contribution is -0.152. The molecule has 1 saturated carbocycles. The molecule has 3 aromatic carbocycles. The number of halogens is 2. The van der Waals surface area contributed by atoms with Crippen LogP contribution in [0, 0.1) is 11.6 Å². The molecule has 1 saturated heterocycles. The maximum atomic E-state index is 14.4. The number of hydrogen-bond donors (Lipinski definition) is 2. The van der Waals surface area contributed by atoms with Crippen molar-refractivity contribution >= 4 is 28.4 Å². The number of carbonyl (C=O) groups excluding carboxylic acids is 2. The van der Waals surface area contributed by atoms with E-state index in [1.54, 1.807) is 11.1 Å². The lowest BCUT2D eigenvalue weighted by Gasteiger charge is -2.52. The van der Waals surface area contributed by atoms with Gasteiger partial charge in [-0.2, -0.15) is 0 Å². The highest BCUT2D eigenvalue weighted by Gasteiger charge is 2.53. The van der Waals surface area contributed by atoms with Gasteiger partial charge in [-0.15, -0.1) is 0 Å². The van der Waals surface area contributed by atoms with Crippen molar-refractivity contribution in [3.8, 4) is 0 Å². The molecule has 0 unspecified atom stereocenters. The zero-order chi connectivity index (χ0) is 29.6. The Balaban J connectivity index is 1.16. The molecule has 2 aliphatic heterocycles. The van der Waals surface area contributed by atoms with E-state index >= 15 is 0 Å². The number of benzene rings is 3. The number of hydrogen-bond acceptors (Lipinski definition) is 4. The van der Waals surface area contributed by atoms with E-state index in [9.17, 15) is 18.4 Å². The van der Waals surface area contributed by atoms with Gasteiger partial charge in [0.2, 0.25) is 11.8 Å². The normalized spacial score (nSPS) is 25.5. The first kappa shape index (κ1) is 26.5. The summed E-state index contributed by atoms with van der Waals surface area (Å²) in [5.74, 6) is -1.33. The van der Waals surface area contributed by atoms with Crippen LogP contribution in [0.2, 0.25) is 0 Å². The van der Waals surface area contributed by atoms with Crippen LogP contribution in [-0.2, 0) is 39.9 Å². The van der Waals surface area contributed by atoms with E-state index in [2.05, 4.69) is 28.8 Å². The highest BCUT2D eigenvalue weighted by molar-refractivity contribution is 6.07. The molecule has 3 heterocycles. The Labute approximate surface area is 248 Å². The highest BCUT2D eigenvalue weighted by atomic mass is 19.1. The average Bonchev–Trinajstić information content (AvgIpc) is 3.68. The molecule has 218 valence electrons. The fourth-order valence-corrected chi connectivity index (χ4v) is 8.08. The molecule has 2 fully saturated rings. The summed E-state index contributed by atoms with van der Waals surface area (Å²) in [5.41, 5.74) is 4.06. The van der Waals surface area contributed by atoms with E-state index in [0.29, 0.717) is 24.9 Å². The van der Waals surface area contributed by atoms with Gasteiger partial charge < -0.3 is 15.5 Å². The number of aromatic nitrogens is 1. The standard InChI is InChI=1S/C35H32F2N4O2/c1-33(25-13-26(36)15-27(37)14-25)20-39-35(8-4-5-9-35)32(43)41(33)19-21-10-22-11-23-16-34(17-24(23)12-30(22)38-18-21)28-6-2-3-7-29(28)40-31(34)42/h2-3,6-7,10-15,18,39H,4-5,8-9,16-17,19-20H2,1H3,(H,40,42)/t33-,34-/m0/s1. The van der Waals surface area contributed by atoms with Crippen LogP contribution in [0.15, 0.2) is 66.9 Å². The summed E-state index contributed by atoms with van der Waals surface area (Å²) >= 11 is 0. The molecule has 4 aromatic rings. The van der Waals surface area contributed by atoms with E-state index in [-0.39, 0.29) is 18.4 Å². The Bertz CT molecular complexity index is 1830. The van der Waals surface area contributed by atoms with Crippen molar-refractivity contribution in [1.82, 2.24) is 15.2 Å². The summed E-state index contributed by atoms with van der Waals surface area (Å²) in [6, 6.07) is 17.7. The van der Waals surface area contributed by atoms with Crippen molar-refractivity contribution in [3.63, 3.8) is 0 Å². The summed E-state index contributed by atoms with van der Waals surface area (Å²) < 4.78 is 28.8. The Hall–Kier alpha value is -4.17. The first-order valence-corrected chi connectivity index (χ1v) is 15.0. The number of nitrogens with one attached hydrogen (secondary N) is 2. The molecule has 8 rings (SSSR count). The maximum absolute atomic E-state index is 14.4. The topological polar surface area (TPSA) is 74.3 Å². The van der Waals surface area contributed by atoms with E-state index < -0.39 is 28.1 Å². The van der Waals surface area contributed by atoms with Gasteiger partial charge in [-0.3, -0.25) is 14.6 Å². The number of carbonyl (C=O) groups is 2. The average molecular weight is 579 g/mol. The van der Waals surface area contributed by atoms with E-state index in [4.69, 9.17) is 4.98 Å². The number of fused-ring (bicyclic) bond motifs is 4. The molecular weight excluding hydrogens is 546 g/mol. The van der Waals surface area contributed by atoms with Gasteiger partial charge in [-0.1, -0.05) is 31.0 Å². The smallest absolute Gasteiger partial charge is 0.243 e. The van der Waals surface area contributed by atoms with Gasteiger partial charge in [-0.05, 0) is 96.8 Å². The van der Waals surface area contributed by atoms with Gasteiger partial charge in [-0.25, -0.2) is 8.78 Å². The van der Waals surface area contributed by atoms with Crippen molar-refractivity contribution < 1.29 is 18.4 Å². The molecule has 0 radical (unpaired) electrons. The molecule has 4 aliphatic rings. The molecule has 2 N–H and O–H groups in total. The van der Waals surface area contributed by atoms with E-state index in [1.165, 1.54) is 12.1 Å². The molecule has 2 aliphatic carbocycles. The third kappa shape index (κ3) is 3.88. The van der Waals surface area contributed by atoms with Crippen LogP contribution >= 0.6 is 0 Å². The quantitative estimate of drug-likeness (QED) is 0.329. The number of amides is 2. The minimum Gasteiger partial charge on any atom is -0.326 e. The second kappa shape index (κ2) is 9.16. The fraction of sp³-hybridized carbons (Fsp3) is 0.343. The van der Waals surface area contributed by atoms with E-state index in [1.807, 2.05) is 31.2 Å². The largest absolute Gasteiger partial charge is 0.326 e. The number of pyridine rings is 1. The van der Waals surface area contributed by atoms with Gasteiger partial charge in [0.05, 0.1) is 22.0 Å². The van der Waals surface area contributed by atoms with Crippen LogP contribution in [0.5, 0.6) is 0 Å². The molecule has 6 nitrogen and oxygen atoms in total. The third-order valence-electron chi connectivity index (χ3n) is 10.5. The number of nitrogens with zero attached hydrogens (tertiary/aromatic N) is 2. The first-order valence-electron chi connectivity index (χ1n) is 15.0. The predicted molar refractivity (Wildman–Crippen MR) is 159 cm³/mol. The molecule has 2 amide bonds. The van der Waals surface area contributed by atoms with Gasteiger partial charge in [0.1, 0.15) is 11.6 Å². The van der Waals surface area contributed by atoms with Crippen molar-refractivity contribution in [2.45, 2.75) is 68.5 Å². The maximum Gasteiger partial charge on any atom is 0.243 e. The van der Waals surface area contributed by atoms with Crippen LogP contribution in [0.1, 0.15) is 60.4 Å². The highest BCUT2D eigenvalue weighted by Crippen LogP contribution is 2.48. The summed E-state index contributed by atoms with van der Waals surface area (Å²) in [7, 11) is 0. The first-order chi connectivity index (χ1) is 20.7. The zero-order valence-corrected chi connectivity index (χ0v) is 24.0. The minimum atomic E-state index is -0.962. The monoisotopic (exact) mass is 578 g/mol. The summed E-state index contributed by atoms with van der Waals surface area (Å²) in [5, 5.41) is 7.51. The number of piperazine rings is 1. The number of para-hydroxylation sites is 1. The Morgan fingerprint density at radius 1 is 0.930 bits per heavy atom. The molecule has 2 spiro atoms. The summed E-state index contributed by atoms with van der Waals surface area (Å²) in [6.07, 6.45) is 6.46. The van der Waals surface area contributed by atoms with Crippen LogP contribution in [0.25, 0.3) is 10.9 Å². The van der Waals surface area contributed by atoms with Gasteiger partial charge in [0.15, 0.2) is 0 Å². The van der Waals surface area contributed by atoms with Crippen molar-refractivity contribution in [2.24, 2.45) is 0 Å². The zero-order valence-electron chi connectivity index (χ0n) is 24.0.